The molecule has 5 N–H and O–H groups in total. The Hall–Kier alpha value is -5.52. The molecule has 4 aromatic carbocycles. The second kappa shape index (κ2) is 22.1. The number of carbonyl (C=O) groups is 2. The minimum Gasteiger partial charge on any atom is -0.481 e. The molecule has 2 aromatic heterocycles. The number of fused-ring (bicyclic) bond motifs is 2. The molecule has 0 amide bonds. The molecule has 296 valence electrons. The lowest BCUT2D eigenvalue weighted by Crippen LogP contribution is -2.12. The summed E-state index contributed by atoms with van der Waals surface area (Å²) in [5.41, 5.74) is 9.04. The molecule has 2 atom stereocenters. The molecule has 6 rings (SSSR count). The van der Waals surface area contributed by atoms with Crippen molar-refractivity contribution in [3.63, 3.8) is 0 Å². The summed E-state index contributed by atoms with van der Waals surface area (Å²) in [6, 6.07) is 31.5. The van der Waals surface area contributed by atoms with Gasteiger partial charge in [0.25, 0.3) is 0 Å². The van der Waals surface area contributed by atoms with E-state index in [1.165, 1.54) is 0 Å². The number of rotatable bonds is 15. The molecular weight excluding hydrogens is 709 g/mol. The lowest BCUT2D eigenvalue weighted by Gasteiger charge is -2.14. The number of benzene rings is 4. The van der Waals surface area contributed by atoms with Crippen molar-refractivity contribution < 1.29 is 39.9 Å². The van der Waals surface area contributed by atoms with Crippen LogP contribution in [0.15, 0.2) is 109 Å². The molecule has 0 spiro atoms. The van der Waals surface area contributed by atoms with Crippen molar-refractivity contribution in [3.05, 3.63) is 132 Å². The Morgan fingerprint density at radius 3 is 1.52 bits per heavy atom. The average Bonchev–Trinajstić information content (AvgIpc) is 3.19. The summed E-state index contributed by atoms with van der Waals surface area (Å²) in [6.45, 7) is 1.65. The van der Waals surface area contributed by atoms with Gasteiger partial charge in [-0.3, -0.25) is 19.6 Å². The number of aliphatic carboxylic acids is 1. The molecule has 2 unspecified atom stereocenters. The Kier molecular flexibility index (Phi) is 17.7. The number of carbonyl (C=O) groups excluding carboxylic acids is 1. The number of nitrogens with zero attached hydrogens (tertiary/aromatic N) is 2. The van der Waals surface area contributed by atoms with Gasteiger partial charge in [-0.05, 0) is 89.2 Å². The van der Waals surface area contributed by atoms with Crippen molar-refractivity contribution in [1.29, 1.82) is 0 Å². The summed E-state index contributed by atoms with van der Waals surface area (Å²) in [5, 5.41) is 48.4. The Morgan fingerprint density at radius 1 is 0.643 bits per heavy atom. The van der Waals surface area contributed by atoms with Gasteiger partial charge in [0.1, 0.15) is 0 Å². The van der Waals surface area contributed by atoms with Gasteiger partial charge in [0.05, 0.1) is 55.9 Å². The van der Waals surface area contributed by atoms with Gasteiger partial charge in [0.2, 0.25) is 0 Å². The van der Waals surface area contributed by atoms with Gasteiger partial charge in [-0.25, -0.2) is 0 Å². The largest absolute Gasteiger partial charge is 0.481 e. The maximum atomic E-state index is 12.1. The first-order chi connectivity index (χ1) is 26.2. The third-order valence-corrected chi connectivity index (χ3v) is 9.08. The molecule has 6 aromatic rings. The van der Waals surface area contributed by atoms with Gasteiger partial charge in [0, 0.05) is 23.2 Å². The Bertz CT molecular complexity index is 2190. The quantitative estimate of drug-likeness (QED) is 0.0666. The van der Waals surface area contributed by atoms with Gasteiger partial charge in [-0.1, -0.05) is 99.8 Å². The molecule has 0 aliphatic rings. The minimum atomic E-state index is -0.898. The SMILES string of the molecule is C.C.CCOC(=O)Cc1cnc2ccccc2c1-c1cccc(CCC(O)CO)c1.O=C(O)Cc1cnc2ccccc2c1-c1cccc(CCC(O)CO)c1. The van der Waals surface area contributed by atoms with Crippen molar-refractivity contribution in [2.45, 2.75) is 72.5 Å². The monoisotopic (exact) mass is 762 g/mol. The zero-order valence-corrected chi connectivity index (χ0v) is 30.3. The number of para-hydroxylation sites is 2. The maximum absolute atomic E-state index is 12.1. The number of esters is 1. The van der Waals surface area contributed by atoms with Gasteiger partial charge >= 0.3 is 11.9 Å². The van der Waals surface area contributed by atoms with Crippen molar-refractivity contribution in [2.24, 2.45) is 0 Å². The molecule has 0 aliphatic carbocycles. The predicted octanol–water partition coefficient (Wildman–Crippen LogP) is 7.38. The highest BCUT2D eigenvalue weighted by Crippen LogP contribution is 2.34. The molecule has 0 saturated carbocycles. The molecule has 56 heavy (non-hydrogen) atoms. The number of aryl methyl sites for hydroxylation is 2. The number of aliphatic hydroxyl groups excluding tert-OH is 4. The van der Waals surface area contributed by atoms with Gasteiger partial charge in [-0.15, -0.1) is 0 Å². The third kappa shape index (κ3) is 12.0. The number of carboxylic acid groups (broad SMARTS) is 1. The Morgan fingerprint density at radius 2 is 1.09 bits per heavy atom. The summed E-state index contributed by atoms with van der Waals surface area (Å²) < 4.78 is 5.13. The number of hydrogen-bond donors (Lipinski definition) is 5. The van der Waals surface area contributed by atoms with E-state index < -0.39 is 18.2 Å². The van der Waals surface area contributed by atoms with Crippen molar-refractivity contribution >= 4 is 33.7 Å². The molecule has 10 nitrogen and oxygen atoms in total. The fraction of sp³-hybridized carbons (Fsp3) is 0.304. The molecule has 10 heteroatoms. The summed E-state index contributed by atoms with van der Waals surface area (Å²) >= 11 is 0. The molecule has 2 heterocycles. The van der Waals surface area contributed by atoms with E-state index in [2.05, 4.69) is 16.0 Å². The number of ether oxygens (including phenoxy) is 1. The normalized spacial score (nSPS) is 11.7. The Balaban J connectivity index is 0.000000291. The smallest absolute Gasteiger partial charge is 0.310 e. The Labute approximate surface area is 329 Å². The number of aliphatic hydroxyl groups is 4. The van der Waals surface area contributed by atoms with Crippen LogP contribution < -0.4 is 0 Å². The minimum absolute atomic E-state index is 0. The lowest BCUT2D eigenvalue weighted by atomic mass is 9.93. The van der Waals surface area contributed by atoms with E-state index in [-0.39, 0.29) is 46.9 Å². The molecular formula is C46H54N2O8. The number of pyridine rings is 2. The van der Waals surface area contributed by atoms with E-state index >= 15 is 0 Å². The van der Waals surface area contributed by atoms with Crippen LogP contribution in [0.25, 0.3) is 44.1 Å². The summed E-state index contributed by atoms with van der Waals surface area (Å²) in [6.07, 6.45) is 4.25. The standard InChI is InChI=1S/C23H25NO4.C21H21NO4.2CH4/c1-2-28-22(27)13-18-14-24-21-9-4-3-8-20(21)23(18)17-7-5-6-16(12-17)10-11-19(26)15-25;23-13-17(24)9-8-14-4-3-5-15(10-14)21-16(11-20(25)26)12-22-19-7-2-1-6-18(19)21;;/h3-9,12,14,19,25-26H,2,10-11,13,15H2,1H3;1-7,10,12,17,23-24H,8-9,11,13H2,(H,25,26);2*1H4. The molecule has 0 saturated heterocycles. The number of aromatic nitrogens is 2. The van der Waals surface area contributed by atoms with Crippen LogP contribution in [0.1, 0.15) is 56.9 Å². The van der Waals surface area contributed by atoms with E-state index in [1.54, 1.807) is 19.3 Å². The van der Waals surface area contributed by atoms with Gasteiger partial charge < -0.3 is 30.3 Å². The van der Waals surface area contributed by atoms with E-state index in [4.69, 9.17) is 14.9 Å². The van der Waals surface area contributed by atoms with Crippen molar-refractivity contribution in [2.75, 3.05) is 19.8 Å². The fourth-order valence-electron chi connectivity index (χ4n) is 6.46. The zero-order valence-electron chi connectivity index (χ0n) is 30.3. The van der Waals surface area contributed by atoms with Crippen molar-refractivity contribution in [1.82, 2.24) is 9.97 Å². The molecule has 0 aliphatic heterocycles. The first-order valence-electron chi connectivity index (χ1n) is 18.1. The summed E-state index contributed by atoms with van der Waals surface area (Å²) in [7, 11) is 0. The summed E-state index contributed by atoms with van der Waals surface area (Å²) in [4.78, 5) is 32.3. The topological polar surface area (TPSA) is 170 Å². The second-order valence-corrected chi connectivity index (χ2v) is 13.1. The first kappa shape index (κ1) is 44.9. The van der Waals surface area contributed by atoms with Crippen molar-refractivity contribution in [3.8, 4) is 22.3 Å². The van der Waals surface area contributed by atoms with Crippen LogP contribution in [0.2, 0.25) is 0 Å². The fourth-order valence-corrected chi connectivity index (χ4v) is 6.46. The van der Waals surface area contributed by atoms with Crippen LogP contribution in [-0.4, -0.2) is 79.5 Å². The summed E-state index contributed by atoms with van der Waals surface area (Å²) in [5.74, 6) is -1.17. The van der Waals surface area contributed by atoms with E-state index in [0.717, 1.165) is 60.8 Å². The average molecular weight is 763 g/mol. The van der Waals surface area contributed by atoms with Crippen LogP contribution >= 0.6 is 0 Å². The second-order valence-electron chi connectivity index (χ2n) is 13.1. The highest BCUT2D eigenvalue weighted by molar-refractivity contribution is 5.98. The molecule has 0 radical (unpaired) electrons. The van der Waals surface area contributed by atoms with E-state index in [9.17, 15) is 24.9 Å². The number of hydrogen-bond acceptors (Lipinski definition) is 9. The first-order valence-corrected chi connectivity index (χ1v) is 18.1. The van der Waals surface area contributed by atoms with Gasteiger partial charge in [-0.2, -0.15) is 0 Å². The van der Waals surface area contributed by atoms with Gasteiger partial charge in [0.15, 0.2) is 0 Å². The predicted molar refractivity (Wildman–Crippen MR) is 222 cm³/mol. The molecule has 0 fully saturated rings. The van der Waals surface area contributed by atoms with Crippen LogP contribution in [0.4, 0.5) is 0 Å². The highest BCUT2D eigenvalue weighted by Gasteiger charge is 2.17. The van der Waals surface area contributed by atoms with Crippen LogP contribution in [0, 0.1) is 0 Å². The van der Waals surface area contributed by atoms with Crippen LogP contribution in [0.3, 0.4) is 0 Å². The van der Waals surface area contributed by atoms with E-state index in [0.29, 0.717) is 37.9 Å². The third-order valence-electron chi connectivity index (χ3n) is 9.08. The maximum Gasteiger partial charge on any atom is 0.310 e. The van der Waals surface area contributed by atoms with E-state index in [1.807, 2.05) is 91.0 Å². The lowest BCUT2D eigenvalue weighted by molar-refractivity contribution is -0.142. The van der Waals surface area contributed by atoms with Crippen LogP contribution in [0.5, 0.6) is 0 Å². The zero-order chi connectivity index (χ0) is 38.5. The number of carboxylic acids is 1. The molecule has 0 bridgehead atoms. The van der Waals surface area contributed by atoms with Crippen LogP contribution in [-0.2, 0) is 40.0 Å². The highest BCUT2D eigenvalue weighted by atomic mass is 16.5.